The first-order valence-corrected chi connectivity index (χ1v) is 5.11. The molecule has 0 spiro atoms. The van der Waals surface area contributed by atoms with Crippen molar-refractivity contribution in [1.29, 1.82) is 0 Å². The van der Waals surface area contributed by atoms with E-state index in [1.165, 1.54) is 25.8 Å². The maximum absolute atomic E-state index is 5.95. The molecule has 0 heterocycles. The fourth-order valence-electron chi connectivity index (χ4n) is 1.29. The molecule has 1 unspecified atom stereocenters. The number of hydrogen-bond donors (Lipinski definition) is 1. The third kappa shape index (κ3) is 3.44. The van der Waals surface area contributed by atoms with Gasteiger partial charge >= 0.3 is 0 Å². The quantitative estimate of drug-likeness (QED) is 0.633. The molecule has 0 radical (unpaired) electrons. The van der Waals surface area contributed by atoms with Crippen LogP contribution in [0.5, 0.6) is 0 Å². The Labute approximate surface area is 74.5 Å². The summed E-state index contributed by atoms with van der Waals surface area (Å²) < 4.78 is 0. The minimum Gasteiger partial charge on any atom is -0.315 e. The summed E-state index contributed by atoms with van der Waals surface area (Å²) in [4.78, 5) is 0. The third-order valence-corrected chi connectivity index (χ3v) is 2.93. The molecule has 1 aliphatic carbocycles. The Balaban J connectivity index is 1.86. The first-order valence-electron chi connectivity index (χ1n) is 4.67. The molecule has 0 aromatic rings. The van der Waals surface area contributed by atoms with Crippen LogP contribution in [0.2, 0.25) is 0 Å². The lowest BCUT2D eigenvalue weighted by Gasteiger charge is -2.25. The normalized spacial score (nSPS) is 21.3. The van der Waals surface area contributed by atoms with Crippen molar-refractivity contribution >= 4 is 11.6 Å². The van der Waals surface area contributed by atoms with E-state index in [2.05, 4.69) is 12.2 Å². The molecule has 0 amide bonds. The van der Waals surface area contributed by atoms with E-state index >= 15 is 0 Å². The van der Waals surface area contributed by atoms with Crippen LogP contribution >= 0.6 is 11.6 Å². The van der Waals surface area contributed by atoms with Crippen LogP contribution in [-0.2, 0) is 0 Å². The largest absolute Gasteiger partial charge is 0.315 e. The Morgan fingerprint density at radius 3 is 2.73 bits per heavy atom. The summed E-state index contributed by atoms with van der Waals surface area (Å²) in [6.45, 7) is 4.29. The van der Waals surface area contributed by atoms with Crippen LogP contribution in [0, 0.1) is 5.92 Å². The lowest BCUT2D eigenvalue weighted by atomic mass is 9.85. The highest BCUT2D eigenvalue weighted by molar-refractivity contribution is 6.20. The van der Waals surface area contributed by atoms with E-state index in [4.69, 9.17) is 11.6 Å². The van der Waals surface area contributed by atoms with Crippen molar-refractivity contribution in [2.24, 2.45) is 5.92 Å². The van der Waals surface area contributed by atoms with Gasteiger partial charge in [-0.05, 0) is 31.7 Å². The van der Waals surface area contributed by atoms with Gasteiger partial charge in [0, 0.05) is 11.9 Å². The average molecular weight is 176 g/mol. The predicted octanol–water partition coefficient (Wildman–Crippen LogP) is 2.39. The van der Waals surface area contributed by atoms with Crippen LogP contribution in [-0.4, -0.2) is 18.5 Å². The van der Waals surface area contributed by atoms with E-state index in [-0.39, 0.29) is 0 Å². The van der Waals surface area contributed by atoms with E-state index in [1.54, 1.807) is 0 Å². The molecule has 1 N–H and O–H groups in total. The molecule has 1 aliphatic rings. The van der Waals surface area contributed by atoms with Crippen molar-refractivity contribution in [3.05, 3.63) is 0 Å². The van der Waals surface area contributed by atoms with Crippen LogP contribution in [0.3, 0.4) is 0 Å². The molecule has 1 atom stereocenters. The first kappa shape index (κ1) is 9.34. The molecule has 1 fully saturated rings. The van der Waals surface area contributed by atoms with Gasteiger partial charge < -0.3 is 5.32 Å². The van der Waals surface area contributed by atoms with Crippen LogP contribution in [0.1, 0.15) is 32.6 Å². The van der Waals surface area contributed by atoms with Gasteiger partial charge in [0.15, 0.2) is 0 Å². The molecule has 0 saturated heterocycles. The van der Waals surface area contributed by atoms with E-state index < -0.39 is 0 Å². The van der Waals surface area contributed by atoms with Crippen molar-refractivity contribution in [3.63, 3.8) is 0 Å². The number of rotatable bonds is 5. The van der Waals surface area contributed by atoms with Crippen molar-refractivity contribution in [1.82, 2.24) is 5.32 Å². The van der Waals surface area contributed by atoms with Crippen molar-refractivity contribution in [2.75, 3.05) is 13.1 Å². The van der Waals surface area contributed by atoms with E-state index in [9.17, 15) is 0 Å². The molecule has 1 nitrogen and oxygen atoms in total. The topological polar surface area (TPSA) is 12.0 Å². The molecule has 66 valence electrons. The Kier molecular flexibility index (Phi) is 4.24. The fraction of sp³-hybridized carbons (Fsp3) is 1.00. The summed E-state index contributed by atoms with van der Waals surface area (Å²) in [5.41, 5.74) is 0. The minimum absolute atomic E-state index is 0.329. The SMILES string of the molecule is CCC(Cl)CNCC1CCC1. The Morgan fingerprint density at radius 1 is 1.55 bits per heavy atom. The number of alkyl halides is 1. The Bertz CT molecular complexity index is 97.0. The first-order chi connectivity index (χ1) is 5.33. The van der Waals surface area contributed by atoms with E-state index in [0.29, 0.717) is 5.38 Å². The van der Waals surface area contributed by atoms with Crippen molar-refractivity contribution < 1.29 is 0 Å². The van der Waals surface area contributed by atoms with Crippen LogP contribution in [0.25, 0.3) is 0 Å². The molecular weight excluding hydrogens is 158 g/mol. The maximum Gasteiger partial charge on any atom is 0.0458 e. The molecule has 11 heavy (non-hydrogen) atoms. The molecule has 0 aromatic carbocycles. The van der Waals surface area contributed by atoms with Crippen molar-refractivity contribution in [2.45, 2.75) is 38.0 Å². The van der Waals surface area contributed by atoms with Crippen LogP contribution in [0.4, 0.5) is 0 Å². The van der Waals surface area contributed by atoms with Crippen molar-refractivity contribution in [3.8, 4) is 0 Å². The molecule has 0 bridgehead atoms. The molecular formula is C9H18ClN. The van der Waals surface area contributed by atoms with Gasteiger partial charge in [0.1, 0.15) is 0 Å². The van der Waals surface area contributed by atoms with Gasteiger partial charge in [-0.1, -0.05) is 13.3 Å². The molecule has 1 saturated carbocycles. The lowest BCUT2D eigenvalue weighted by Crippen LogP contribution is -2.31. The summed E-state index contributed by atoms with van der Waals surface area (Å²) in [5.74, 6) is 0.954. The standard InChI is InChI=1S/C9H18ClN/c1-2-9(10)7-11-6-8-4-3-5-8/h8-9,11H,2-7H2,1H3. The van der Waals surface area contributed by atoms with Gasteiger partial charge in [-0.3, -0.25) is 0 Å². The third-order valence-electron chi connectivity index (χ3n) is 2.47. The Hall–Kier alpha value is 0.250. The summed E-state index contributed by atoms with van der Waals surface area (Å²) in [5, 5.41) is 3.73. The number of nitrogens with one attached hydrogen (secondary N) is 1. The molecule has 1 rings (SSSR count). The zero-order valence-electron chi connectivity index (χ0n) is 7.28. The number of halogens is 1. The summed E-state index contributed by atoms with van der Waals surface area (Å²) >= 11 is 5.95. The van der Waals surface area contributed by atoms with Gasteiger partial charge in [0.2, 0.25) is 0 Å². The van der Waals surface area contributed by atoms with E-state index in [1.807, 2.05) is 0 Å². The van der Waals surface area contributed by atoms with Gasteiger partial charge in [0.05, 0.1) is 0 Å². The monoisotopic (exact) mass is 175 g/mol. The van der Waals surface area contributed by atoms with Gasteiger partial charge in [0.25, 0.3) is 0 Å². The second-order valence-corrected chi connectivity index (χ2v) is 4.08. The molecule has 2 heteroatoms. The second kappa shape index (κ2) is 5.00. The average Bonchev–Trinajstić information content (AvgIpc) is 1.94. The fourth-order valence-corrected chi connectivity index (χ4v) is 1.39. The van der Waals surface area contributed by atoms with E-state index in [0.717, 1.165) is 18.9 Å². The van der Waals surface area contributed by atoms with Crippen LogP contribution in [0.15, 0.2) is 0 Å². The van der Waals surface area contributed by atoms with Gasteiger partial charge in [-0.25, -0.2) is 0 Å². The minimum atomic E-state index is 0.329. The zero-order chi connectivity index (χ0) is 8.10. The predicted molar refractivity (Wildman–Crippen MR) is 50.1 cm³/mol. The highest BCUT2D eigenvalue weighted by Crippen LogP contribution is 2.25. The highest BCUT2D eigenvalue weighted by atomic mass is 35.5. The molecule has 0 aliphatic heterocycles. The maximum atomic E-state index is 5.95. The van der Waals surface area contributed by atoms with Gasteiger partial charge in [-0.2, -0.15) is 0 Å². The van der Waals surface area contributed by atoms with Crippen LogP contribution < -0.4 is 5.32 Å². The lowest BCUT2D eigenvalue weighted by molar-refractivity contribution is 0.302. The summed E-state index contributed by atoms with van der Waals surface area (Å²) in [6.07, 6.45) is 5.35. The van der Waals surface area contributed by atoms with Gasteiger partial charge in [-0.15, -0.1) is 11.6 Å². The number of hydrogen-bond acceptors (Lipinski definition) is 1. The second-order valence-electron chi connectivity index (χ2n) is 3.46. The summed E-state index contributed by atoms with van der Waals surface area (Å²) in [7, 11) is 0. The molecule has 0 aromatic heterocycles. The Morgan fingerprint density at radius 2 is 2.27 bits per heavy atom. The smallest absolute Gasteiger partial charge is 0.0458 e. The highest BCUT2D eigenvalue weighted by Gasteiger charge is 2.16. The summed E-state index contributed by atoms with van der Waals surface area (Å²) in [6, 6.07) is 0. The zero-order valence-corrected chi connectivity index (χ0v) is 8.03.